The van der Waals surface area contributed by atoms with Gasteiger partial charge in [-0.25, -0.2) is 0 Å². The summed E-state index contributed by atoms with van der Waals surface area (Å²) in [5.74, 6) is 0.721. The van der Waals surface area contributed by atoms with Gasteiger partial charge in [0.1, 0.15) is 0 Å². The van der Waals surface area contributed by atoms with Gasteiger partial charge in [-0.05, 0) is 127 Å². The Hall–Kier alpha value is -5.14. The molecule has 0 atom stereocenters. The molecule has 48 heavy (non-hydrogen) atoms. The van der Waals surface area contributed by atoms with Crippen molar-refractivity contribution in [3.8, 4) is 22.3 Å². The number of hydrogen-bond donors (Lipinski definition) is 1. The minimum Gasteiger partial charge on any atom is -0.387 e. The van der Waals surface area contributed by atoms with Gasteiger partial charge in [-0.1, -0.05) is 147 Å². The van der Waals surface area contributed by atoms with Crippen molar-refractivity contribution >= 4 is 38.8 Å². The molecule has 0 aromatic heterocycles. The van der Waals surface area contributed by atoms with E-state index in [1.54, 1.807) is 0 Å². The molecule has 1 nitrogen and oxygen atoms in total. The van der Waals surface area contributed by atoms with Gasteiger partial charge in [-0.2, -0.15) is 0 Å². The summed E-state index contributed by atoms with van der Waals surface area (Å²) in [4.78, 5) is 0. The molecule has 1 heterocycles. The van der Waals surface area contributed by atoms with E-state index in [2.05, 4.69) is 139 Å². The standard InChI is InChI=1S/C47H41N/c1-2-8-32(9-3-1)33-18-20-37(21-19-33)46-42-10-4-6-12-44(42)47(45-13-7-5-11-43(45)46)41-25-24-39-30-38(22-23-40(39)31-41)35-16-14-34(15-17-35)36-26-28-48-29-27-36/h4-7,10-21,24-28,30-32,48H,1-3,8-9,22-23,29H2. The molecule has 2 aliphatic carbocycles. The molecular formula is C47H41N. The van der Waals surface area contributed by atoms with Crippen LogP contribution in [-0.4, -0.2) is 6.54 Å². The molecule has 0 radical (unpaired) electrons. The number of fused-ring (bicyclic) bond motifs is 3. The maximum Gasteiger partial charge on any atom is 0.0334 e. The summed E-state index contributed by atoms with van der Waals surface area (Å²) in [5, 5.41) is 8.56. The Bertz CT molecular complexity index is 2180. The second kappa shape index (κ2) is 12.5. The minimum absolute atomic E-state index is 0.721. The number of nitrogens with one attached hydrogen (secondary N) is 1. The summed E-state index contributed by atoms with van der Waals surface area (Å²) in [6.07, 6.45) is 17.8. The van der Waals surface area contributed by atoms with Crippen LogP contribution in [0.2, 0.25) is 0 Å². The van der Waals surface area contributed by atoms with E-state index in [1.165, 1.54) is 115 Å². The van der Waals surface area contributed by atoms with E-state index in [0.29, 0.717) is 0 Å². The van der Waals surface area contributed by atoms with Crippen LogP contribution < -0.4 is 5.32 Å². The molecule has 0 saturated heterocycles. The van der Waals surface area contributed by atoms with E-state index in [9.17, 15) is 0 Å². The second-order valence-corrected chi connectivity index (χ2v) is 13.9. The first-order valence-corrected chi connectivity index (χ1v) is 17.9. The highest BCUT2D eigenvalue weighted by Gasteiger charge is 2.20. The van der Waals surface area contributed by atoms with Crippen LogP contribution in [0.25, 0.3) is 61.0 Å². The lowest BCUT2D eigenvalue weighted by Crippen LogP contribution is -2.08. The topological polar surface area (TPSA) is 12.0 Å². The Morgan fingerprint density at radius 3 is 1.79 bits per heavy atom. The average Bonchev–Trinajstić information content (AvgIpc) is 3.17. The highest BCUT2D eigenvalue weighted by Crippen LogP contribution is 2.45. The predicted octanol–water partition coefficient (Wildman–Crippen LogP) is 12.4. The number of dihydropyridines is 1. The van der Waals surface area contributed by atoms with Crippen LogP contribution in [0.3, 0.4) is 0 Å². The molecule has 0 spiro atoms. The van der Waals surface area contributed by atoms with Gasteiger partial charge in [0.05, 0.1) is 0 Å². The van der Waals surface area contributed by atoms with Crippen LogP contribution in [0.15, 0.2) is 134 Å². The molecule has 1 N–H and O–H groups in total. The van der Waals surface area contributed by atoms with Gasteiger partial charge in [-0.15, -0.1) is 0 Å². The zero-order chi connectivity index (χ0) is 31.9. The van der Waals surface area contributed by atoms with E-state index < -0.39 is 0 Å². The van der Waals surface area contributed by atoms with Gasteiger partial charge < -0.3 is 5.32 Å². The molecule has 0 unspecified atom stereocenters. The molecule has 234 valence electrons. The number of benzene rings is 6. The van der Waals surface area contributed by atoms with Gasteiger partial charge in [0.2, 0.25) is 0 Å². The molecule has 9 rings (SSSR count). The Morgan fingerprint density at radius 2 is 1.15 bits per heavy atom. The van der Waals surface area contributed by atoms with Crippen LogP contribution in [0.4, 0.5) is 0 Å². The lowest BCUT2D eigenvalue weighted by atomic mass is 9.82. The van der Waals surface area contributed by atoms with E-state index in [-0.39, 0.29) is 0 Å². The predicted molar refractivity (Wildman–Crippen MR) is 206 cm³/mol. The van der Waals surface area contributed by atoms with Crippen LogP contribution in [0, 0.1) is 0 Å². The Balaban J connectivity index is 1.10. The van der Waals surface area contributed by atoms with Crippen LogP contribution in [0.1, 0.15) is 72.3 Å². The van der Waals surface area contributed by atoms with Crippen molar-refractivity contribution in [1.29, 1.82) is 0 Å². The molecule has 6 aromatic carbocycles. The summed E-state index contributed by atoms with van der Waals surface area (Å²) in [7, 11) is 0. The van der Waals surface area contributed by atoms with Gasteiger partial charge in [0, 0.05) is 6.54 Å². The lowest BCUT2D eigenvalue weighted by molar-refractivity contribution is 0.443. The third kappa shape index (κ3) is 5.28. The first-order valence-electron chi connectivity index (χ1n) is 17.9. The Morgan fingerprint density at radius 1 is 0.542 bits per heavy atom. The number of allylic oxidation sites excluding steroid dienone is 3. The Labute approximate surface area is 284 Å². The average molecular weight is 620 g/mol. The molecule has 1 heteroatoms. The molecule has 1 fully saturated rings. The molecule has 0 amide bonds. The monoisotopic (exact) mass is 619 g/mol. The van der Waals surface area contributed by atoms with Crippen molar-refractivity contribution in [1.82, 2.24) is 5.32 Å². The van der Waals surface area contributed by atoms with Crippen molar-refractivity contribution in [3.63, 3.8) is 0 Å². The number of aryl methyl sites for hydroxylation is 1. The molecule has 0 bridgehead atoms. The van der Waals surface area contributed by atoms with Crippen LogP contribution in [-0.2, 0) is 6.42 Å². The maximum atomic E-state index is 3.24. The molecule has 6 aromatic rings. The maximum absolute atomic E-state index is 3.24. The zero-order valence-electron chi connectivity index (χ0n) is 27.5. The SMILES string of the molecule is C1=CC(c2ccc(C3=Cc4ccc(-c5c6ccccc6c(-c6ccc(C7CCCCC7)cc6)c6ccccc56)cc4CC3)cc2)=CCN1. The van der Waals surface area contributed by atoms with Crippen molar-refractivity contribution in [2.24, 2.45) is 0 Å². The van der Waals surface area contributed by atoms with Crippen molar-refractivity contribution in [2.75, 3.05) is 6.54 Å². The summed E-state index contributed by atoms with van der Waals surface area (Å²) >= 11 is 0. The quantitative estimate of drug-likeness (QED) is 0.189. The number of rotatable bonds is 5. The summed E-state index contributed by atoms with van der Waals surface area (Å²) in [5.41, 5.74) is 14.9. The number of hydrogen-bond acceptors (Lipinski definition) is 1. The second-order valence-electron chi connectivity index (χ2n) is 13.9. The lowest BCUT2D eigenvalue weighted by Gasteiger charge is -2.23. The summed E-state index contributed by atoms with van der Waals surface area (Å²) in [6, 6.07) is 44.0. The van der Waals surface area contributed by atoms with Gasteiger partial charge in [0.15, 0.2) is 0 Å². The van der Waals surface area contributed by atoms with Crippen molar-refractivity contribution in [2.45, 2.75) is 50.9 Å². The zero-order valence-corrected chi connectivity index (χ0v) is 27.5. The highest BCUT2D eigenvalue weighted by molar-refractivity contribution is 6.21. The third-order valence-electron chi connectivity index (χ3n) is 11.0. The van der Waals surface area contributed by atoms with E-state index in [0.717, 1.165) is 25.3 Å². The summed E-state index contributed by atoms with van der Waals surface area (Å²) < 4.78 is 0. The fraction of sp³-hybridized carbons (Fsp3) is 0.191. The van der Waals surface area contributed by atoms with E-state index >= 15 is 0 Å². The summed E-state index contributed by atoms with van der Waals surface area (Å²) in [6.45, 7) is 0.890. The van der Waals surface area contributed by atoms with Gasteiger partial charge in [0.25, 0.3) is 0 Å². The fourth-order valence-corrected chi connectivity index (χ4v) is 8.53. The first-order chi connectivity index (χ1) is 23.8. The smallest absolute Gasteiger partial charge is 0.0334 e. The normalized spacial score (nSPS) is 16.3. The highest BCUT2D eigenvalue weighted by atomic mass is 14.8. The Kier molecular flexibility index (Phi) is 7.54. The first kappa shape index (κ1) is 29.0. The van der Waals surface area contributed by atoms with Gasteiger partial charge in [-0.3, -0.25) is 0 Å². The van der Waals surface area contributed by atoms with E-state index in [4.69, 9.17) is 0 Å². The minimum atomic E-state index is 0.721. The molecule has 1 saturated carbocycles. The molecule has 3 aliphatic rings. The third-order valence-corrected chi connectivity index (χ3v) is 11.0. The van der Waals surface area contributed by atoms with Crippen molar-refractivity contribution < 1.29 is 0 Å². The van der Waals surface area contributed by atoms with Crippen molar-refractivity contribution in [3.05, 3.63) is 161 Å². The molecule has 1 aliphatic heterocycles. The van der Waals surface area contributed by atoms with Crippen LogP contribution in [0.5, 0.6) is 0 Å². The largest absolute Gasteiger partial charge is 0.387 e. The van der Waals surface area contributed by atoms with E-state index in [1.807, 2.05) is 6.20 Å². The van der Waals surface area contributed by atoms with Gasteiger partial charge >= 0.3 is 0 Å². The fourth-order valence-electron chi connectivity index (χ4n) is 8.53. The van der Waals surface area contributed by atoms with Crippen LogP contribution >= 0.6 is 0 Å². The molecular weight excluding hydrogens is 579 g/mol.